The molecule has 1 rings (SSSR count). The van der Waals surface area contributed by atoms with Crippen LogP contribution in [0.5, 0.6) is 0 Å². The van der Waals surface area contributed by atoms with E-state index in [4.69, 9.17) is 0 Å². The van der Waals surface area contributed by atoms with E-state index in [2.05, 4.69) is 36.9 Å². The fourth-order valence-electron chi connectivity index (χ4n) is 4.97. The van der Waals surface area contributed by atoms with Gasteiger partial charge in [0.2, 0.25) is 23.6 Å². The molecule has 0 fully saturated rings. The molecule has 0 spiro atoms. The molecule has 1 aromatic rings. The monoisotopic (exact) mass is 645 g/mol. The normalized spacial score (nSPS) is 14.9. The van der Waals surface area contributed by atoms with Gasteiger partial charge < -0.3 is 31.9 Å². The van der Waals surface area contributed by atoms with Crippen molar-refractivity contribution in [2.24, 2.45) is 17.3 Å². The Bertz CT molecular complexity index is 1120. The number of nitrogens with zero attached hydrogens (tertiary/aromatic N) is 1. The van der Waals surface area contributed by atoms with Gasteiger partial charge in [0.05, 0.1) is 6.04 Å². The third kappa shape index (κ3) is 15.2. The van der Waals surface area contributed by atoms with E-state index in [1.165, 1.54) is 12.4 Å². The minimum absolute atomic E-state index is 0.0895. The molecular weight excluding hydrogens is 586 g/mol. The SMILES string of the molecule is CCC[C@H](NC(=O)[C@H](CC(C)(C)C)NC(=O)c1ccncc1)C(=O)N[C@H](CN[C@@H](C)C(=O)N[C@H](C(=O)NCC)C(C)C)CC(C)C. The van der Waals surface area contributed by atoms with Crippen molar-refractivity contribution >= 4 is 29.5 Å². The first-order valence-electron chi connectivity index (χ1n) is 16.6. The first-order valence-corrected chi connectivity index (χ1v) is 16.6. The number of carbonyl (C=O) groups is 5. The van der Waals surface area contributed by atoms with E-state index in [9.17, 15) is 24.0 Å². The Hall–Kier alpha value is -3.54. The Morgan fingerprint density at radius 3 is 1.91 bits per heavy atom. The lowest BCUT2D eigenvalue weighted by atomic mass is 9.87. The van der Waals surface area contributed by atoms with Gasteiger partial charge in [-0.3, -0.25) is 29.0 Å². The summed E-state index contributed by atoms with van der Waals surface area (Å²) in [4.78, 5) is 69.4. The molecule has 0 aliphatic heterocycles. The van der Waals surface area contributed by atoms with E-state index in [0.717, 1.165) is 0 Å². The number of rotatable bonds is 19. The smallest absolute Gasteiger partial charge is 0.252 e. The predicted molar refractivity (Wildman–Crippen MR) is 181 cm³/mol. The van der Waals surface area contributed by atoms with Crippen LogP contribution in [-0.4, -0.2) is 77.8 Å². The molecule has 260 valence electrons. The summed E-state index contributed by atoms with van der Waals surface area (Å²) in [5, 5.41) is 17.6. The van der Waals surface area contributed by atoms with E-state index in [1.54, 1.807) is 19.1 Å². The predicted octanol–water partition coefficient (Wildman–Crippen LogP) is 2.69. The van der Waals surface area contributed by atoms with Crippen LogP contribution in [0.4, 0.5) is 0 Å². The molecule has 5 amide bonds. The topological polar surface area (TPSA) is 170 Å². The molecule has 46 heavy (non-hydrogen) atoms. The van der Waals surface area contributed by atoms with Crippen molar-refractivity contribution in [2.45, 2.75) is 125 Å². The average Bonchev–Trinajstić information content (AvgIpc) is 2.96. The minimum Gasteiger partial charge on any atom is -0.355 e. The van der Waals surface area contributed by atoms with Crippen LogP contribution in [0.15, 0.2) is 24.5 Å². The summed E-state index contributed by atoms with van der Waals surface area (Å²) in [7, 11) is 0. The van der Waals surface area contributed by atoms with Crippen LogP contribution in [0.2, 0.25) is 0 Å². The van der Waals surface area contributed by atoms with Gasteiger partial charge in [0.1, 0.15) is 18.1 Å². The Kier molecular flexibility index (Phi) is 17.5. The summed E-state index contributed by atoms with van der Waals surface area (Å²) >= 11 is 0. The van der Waals surface area contributed by atoms with Crippen molar-refractivity contribution in [3.05, 3.63) is 30.1 Å². The molecule has 12 nitrogen and oxygen atoms in total. The fraction of sp³-hybridized carbons (Fsp3) is 0.706. The van der Waals surface area contributed by atoms with Gasteiger partial charge in [-0.15, -0.1) is 0 Å². The molecule has 6 N–H and O–H groups in total. The molecule has 1 heterocycles. The van der Waals surface area contributed by atoms with E-state index in [-0.39, 0.29) is 41.0 Å². The average molecular weight is 646 g/mol. The van der Waals surface area contributed by atoms with Crippen LogP contribution >= 0.6 is 0 Å². The Morgan fingerprint density at radius 1 is 0.783 bits per heavy atom. The number of aromatic nitrogens is 1. The number of hydrogen-bond acceptors (Lipinski definition) is 7. The summed E-state index contributed by atoms with van der Waals surface area (Å²) in [5.41, 5.74) is 0.114. The Morgan fingerprint density at radius 2 is 1.39 bits per heavy atom. The van der Waals surface area contributed by atoms with Crippen molar-refractivity contribution in [1.82, 2.24) is 36.9 Å². The van der Waals surface area contributed by atoms with Crippen LogP contribution in [0.1, 0.15) is 105 Å². The van der Waals surface area contributed by atoms with Crippen molar-refractivity contribution in [3.63, 3.8) is 0 Å². The molecule has 0 aliphatic carbocycles. The highest BCUT2D eigenvalue weighted by Crippen LogP contribution is 2.21. The molecule has 0 unspecified atom stereocenters. The number of carbonyl (C=O) groups excluding carboxylic acids is 5. The highest BCUT2D eigenvalue weighted by molar-refractivity contribution is 5.98. The van der Waals surface area contributed by atoms with Crippen LogP contribution in [0.3, 0.4) is 0 Å². The van der Waals surface area contributed by atoms with E-state index < -0.39 is 36.0 Å². The maximum Gasteiger partial charge on any atom is 0.252 e. The van der Waals surface area contributed by atoms with Gasteiger partial charge in [0, 0.05) is 37.1 Å². The van der Waals surface area contributed by atoms with Crippen molar-refractivity contribution in [3.8, 4) is 0 Å². The second kappa shape index (κ2) is 19.9. The summed E-state index contributed by atoms with van der Waals surface area (Å²) < 4.78 is 0. The molecule has 12 heteroatoms. The summed E-state index contributed by atoms with van der Waals surface area (Å²) in [6.45, 7) is 20.0. The molecule has 0 radical (unpaired) electrons. The van der Waals surface area contributed by atoms with Gasteiger partial charge >= 0.3 is 0 Å². The number of nitrogens with one attached hydrogen (secondary N) is 6. The lowest BCUT2D eigenvalue weighted by molar-refractivity contribution is -0.131. The third-order valence-corrected chi connectivity index (χ3v) is 7.36. The molecule has 0 aliphatic rings. The lowest BCUT2D eigenvalue weighted by Crippen LogP contribution is -2.57. The summed E-state index contributed by atoms with van der Waals surface area (Å²) in [5.74, 6) is -1.53. The molecule has 0 saturated carbocycles. The largest absolute Gasteiger partial charge is 0.355 e. The summed E-state index contributed by atoms with van der Waals surface area (Å²) in [6, 6.07) is -0.0954. The first-order chi connectivity index (χ1) is 21.5. The van der Waals surface area contributed by atoms with E-state index in [0.29, 0.717) is 44.3 Å². The highest BCUT2D eigenvalue weighted by atomic mass is 16.2. The molecule has 1 aromatic heterocycles. The minimum atomic E-state index is -0.852. The van der Waals surface area contributed by atoms with Gasteiger partial charge in [-0.1, -0.05) is 61.8 Å². The Balaban J connectivity index is 2.99. The molecule has 0 bridgehead atoms. The number of hydrogen-bond donors (Lipinski definition) is 6. The number of likely N-dealkylation sites (N-methyl/N-ethyl adjacent to an activating group) is 1. The quantitative estimate of drug-likeness (QED) is 0.134. The first kappa shape index (κ1) is 40.5. The van der Waals surface area contributed by atoms with E-state index in [1.807, 2.05) is 62.3 Å². The zero-order valence-electron chi connectivity index (χ0n) is 29.6. The van der Waals surface area contributed by atoms with E-state index >= 15 is 0 Å². The van der Waals surface area contributed by atoms with Gasteiger partial charge in [-0.05, 0) is 62.5 Å². The van der Waals surface area contributed by atoms with Gasteiger partial charge in [0.25, 0.3) is 5.91 Å². The molecule has 0 saturated heterocycles. The maximum absolute atomic E-state index is 13.6. The fourth-order valence-corrected chi connectivity index (χ4v) is 4.97. The number of amides is 5. The van der Waals surface area contributed by atoms with Gasteiger partial charge in [-0.2, -0.15) is 0 Å². The lowest BCUT2D eigenvalue weighted by Gasteiger charge is -2.29. The zero-order valence-corrected chi connectivity index (χ0v) is 29.6. The van der Waals surface area contributed by atoms with Crippen LogP contribution < -0.4 is 31.9 Å². The summed E-state index contributed by atoms with van der Waals surface area (Å²) in [6.07, 6.45) is 5.10. The molecular formula is C34H59N7O5. The maximum atomic E-state index is 13.6. The number of pyridine rings is 1. The second-order valence-electron chi connectivity index (χ2n) is 14.0. The van der Waals surface area contributed by atoms with Crippen molar-refractivity contribution in [1.29, 1.82) is 0 Å². The van der Waals surface area contributed by atoms with Gasteiger partial charge in [0.15, 0.2) is 0 Å². The van der Waals surface area contributed by atoms with Crippen molar-refractivity contribution < 1.29 is 24.0 Å². The standard InChI is InChI=1S/C34H59N7O5/c1-11-13-26(39-32(45)27(19-34(8,9)10)40-30(43)24-14-16-35-17-15-24)31(44)38-25(18-21(3)4)20-37-23(7)29(42)41-28(22(5)6)33(46)36-12-2/h14-17,21-23,25-28,37H,11-13,18-20H2,1-10H3,(H,36,46)(H,38,44)(H,39,45)(H,40,43)(H,41,42)/t23-,25-,26-,27-,28-/m0/s1. The zero-order chi connectivity index (χ0) is 35.0. The van der Waals surface area contributed by atoms with Crippen LogP contribution in [-0.2, 0) is 19.2 Å². The second-order valence-corrected chi connectivity index (χ2v) is 14.0. The van der Waals surface area contributed by atoms with Gasteiger partial charge in [-0.25, -0.2) is 0 Å². The van der Waals surface area contributed by atoms with Crippen LogP contribution in [0.25, 0.3) is 0 Å². The third-order valence-electron chi connectivity index (χ3n) is 7.36. The van der Waals surface area contributed by atoms with Crippen molar-refractivity contribution in [2.75, 3.05) is 13.1 Å². The highest BCUT2D eigenvalue weighted by Gasteiger charge is 2.31. The molecule has 5 atom stereocenters. The Labute approximate surface area is 275 Å². The van der Waals surface area contributed by atoms with Crippen LogP contribution in [0, 0.1) is 17.3 Å². The molecule has 0 aromatic carbocycles.